The Morgan fingerprint density at radius 3 is 2.36 bits per heavy atom. The molecule has 0 saturated carbocycles. The van der Waals surface area contributed by atoms with E-state index in [1.165, 1.54) is 26.0 Å². The van der Waals surface area contributed by atoms with Crippen LogP contribution in [-0.2, 0) is 9.53 Å². The van der Waals surface area contributed by atoms with Crippen molar-refractivity contribution in [1.29, 1.82) is 0 Å². The Balaban J connectivity index is 2.03. The van der Waals surface area contributed by atoms with Gasteiger partial charge in [-0.3, -0.25) is 14.4 Å². The number of benzene rings is 1. The van der Waals surface area contributed by atoms with Crippen molar-refractivity contribution in [2.75, 3.05) is 6.61 Å². The van der Waals surface area contributed by atoms with Gasteiger partial charge in [-0.15, -0.1) is 0 Å². The zero-order valence-corrected chi connectivity index (χ0v) is 16.1. The molecule has 1 amide bonds. The molecule has 0 radical (unpaired) electrons. The van der Waals surface area contributed by atoms with Crippen LogP contribution in [0, 0.1) is 13.8 Å². The van der Waals surface area contributed by atoms with Crippen molar-refractivity contribution in [2.45, 2.75) is 33.8 Å². The van der Waals surface area contributed by atoms with E-state index in [1.54, 1.807) is 26.0 Å². The van der Waals surface area contributed by atoms with Crippen LogP contribution in [0.3, 0.4) is 0 Å². The summed E-state index contributed by atoms with van der Waals surface area (Å²) in [5, 5.41) is 0. The second-order valence-electron chi connectivity index (χ2n) is 6.33. The van der Waals surface area contributed by atoms with Crippen molar-refractivity contribution >= 4 is 23.4 Å². The average Bonchev–Trinajstić information content (AvgIpc) is 2.93. The Bertz CT molecular complexity index is 944. The van der Waals surface area contributed by atoms with Crippen molar-refractivity contribution < 1.29 is 28.7 Å². The molecule has 0 saturated heterocycles. The maximum atomic E-state index is 12.6. The summed E-state index contributed by atoms with van der Waals surface area (Å²) in [5.74, 6) is -1.94. The lowest BCUT2D eigenvalue weighted by Gasteiger charge is -2.13. The van der Waals surface area contributed by atoms with Gasteiger partial charge in [0.2, 0.25) is 5.78 Å². The van der Waals surface area contributed by atoms with Crippen LogP contribution in [0.25, 0.3) is 0 Å². The Hall–Kier alpha value is -3.42. The number of rotatable bonds is 8. The summed E-state index contributed by atoms with van der Waals surface area (Å²) in [6.07, 6.45) is -1.08. The molecule has 2 rings (SSSR count). The van der Waals surface area contributed by atoms with Gasteiger partial charge in [0.1, 0.15) is 5.75 Å². The van der Waals surface area contributed by atoms with Crippen LogP contribution in [0.1, 0.15) is 56.3 Å². The summed E-state index contributed by atoms with van der Waals surface area (Å²) in [4.78, 5) is 50.5. The molecule has 148 valence electrons. The molecule has 0 aliphatic rings. The van der Waals surface area contributed by atoms with Crippen molar-refractivity contribution in [2.24, 2.45) is 5.73 Å². The van der Waals surface area contributed by atoms with Crippen LogP contribution in [0.5, 0.6) is 5.75 Å². The molecule has 1 aromatic carbocycles. The molecular weight excluding hydrogens is 364 g/mol. The molecule has 0 spiro atoms. The van der Waals surface area contributed by atoms with Gasteiger partial charge in [0.25, 0.3) is 5.91 Å². The predicted octanol–water partition coefficient (Wildman–Crippen LogP) is 2.13. The van der Waals surface area contributed by atoms with E-state index in [0.29, 0.717) is 16.8 Å². The molecule has 0 fully saturated rings. The summed E-state index contributed by atoms with van der Waals surface area (Å²) in [6.45, 7) is 5.71. The minimum atomic E-state index is -1.08. The standard InChI is InChI=1S/C20H22N2O6/c1-10-17(12(3)23)11(2)22-18(10)19(25)13(4)28-16(24)9-27-15-8-6-5-7-14(15)20(21)26/h5-8,13,22H,9H2,1-4H3,(H2,21,26)/t13-/m0/s1. The minimum Gasteiger partial charge on any atom is -0.481 e. The summed E-state index contributed by atoms with van der Waals surface area (Å²) in [5.41, 5.74) is 7.16. The first-order chi connectivity index (χ1) is 13.1. The third-order valence-corrected chi connectivity index (χ3v) is 4.21. The lowest BCUT2D eigenvalue weighted by molar-refractivity contribution is -0.148. The fraction of sp³-hybridized carbons (Fsp3) is 0.300. The highest BCUT2D eigenvalue weighted by Crippen LogP contribution is 2.21. The number of para-hydroxylation sites is 1. The second-order valence-corrected chi connectivity index (χ2v) is 6.33. The number of hydrogen-bond donors (Lipinski definition) is 2. The first-order valence-corrected chi connectivity index (χ1v) is 8.58. The van der Waals surface area contributed by atoms with E-state index < -0.39 is 30.4 Å². The molecule has 28 heavy (non-hydrogen) atoms. The van der Waals surface area contributed by atoms with E-state index in [-0.39, 0.29) is 22.8 Å². The SMILES string of the molecule is CC(=O)c1c(C)[nH]c(C(=O)[C@H](C)OC(=O)COc2ccccc2C(N)=O)c1C. The number of carbonyl (C=O) groups is 4. The van der Waals surface area contributed by atoms with Gasteiger partial charge >= 0.3 is 5.97 Å². The van der Waals surface area contributed by atoms with Gasteiger partial charge in [-0.25, -0.2) is 4.79 Å². The minimum absolute atomic E-state index is 0.133. The Kier molecular flexibility index (Phi) is 6.35. The summed E-state index contributed by atoms with van der Waals surface area (Å²) < 4.78 is 10.4. The number of ether oxygens (including phenoxy) is 2. The molecule has 2 aromatic rings. The zero-order chi connectivity index (χ0) is 21.0. The molecule has 0 unspecified atom stereocenters. The van der Waals surface area contributed by atoms with Crippen molar-refractivity contribution in [3.8, 4) is 5.75 Å². The van der Waals surface area contributed by atoms with Crippen LogP contribution in [0.4, 0.5) is 0 Å². The monoisotopic (exact) mass is 386 g/mol. The highest BCUT2D eigenvalue weighted by molar-refractivity contribution is 6.05. The number of carbonyl (C=O) groups excluding carboxylic acids is 4. The van der Waals surface area contributed by atoms with Gasteiger partial charge in [-0.05, 0) is 45.4 Å². The van der Waals surface area contributed by atoms with E-state index in [0.717, 1.165) is 0 Å². The van der Waals surface area contributed by atoms with Crippen LogP contribution in [-0.4, -0.2) is 41.1 Å². The Labute approximate surface area is 162 Å². The molecule has 8 heteroatoms. The van der Waals surface area contributed by atoms with Gasteiger partial charge < -0.3 is 20.2 Å². The number of amides is 1. The highest BCUT2D eigenvalue weighted by Gasteiger charge is 2.26. The van der Waals surface area contributed by atoms with Crippen LogP contribution < -0.4 is 10.5 Å². The quantitative estimate of drug-likeness (QED) is 0.528. The summed E-state index contributed by atoms with van der Waals surface area (Å²) in [6, 6.07) is 6.21. The molecule has 1 atom stereocenters. The Morgan fingerprint density at radius 2 is 1.79 bits per heavy atom. The molecule has 1 aromatic heterocycles. The lowest BCUT2D eigenvalue weighted by Crippen LogP contribution is -2.28. The van der Waals surface area contributed by atoms with E-state index in [9.17, 15) is 19.2 Å². The number of Topliss-reactive ketones (excluding diaryl/α,β-unsaturated/α-hetero) is 2. The summed E-state index contributed by atoms with van der Waals surface area (Å²) >= 11 is 0. The molecular formula is C20H22N2O6. The number of aromatic amines is 1. The van der Waals surface area contributed by atoms with Crippen molar-refractivity contribution in [3.63, 3.8) is 0 Å². The van der Waals surface area contributed by atoms with E-state index in [4.69, 9.17) is 15.2 Å². The number of ketones is 2. The topological polar surface area (TPSA) is 129 Å². The molecule has 8 nitrogen and oxygen atoms in total. The van der Waals surface area contributed by atoms with Crippen molar-refractivity contribution in [3.05, 3.63) is 52.3 Å². The van der Waals surface area contributed by atoms with Crippen molar-refractivity contribution in [1.82, 2.24) is 4.98 Å². The van der Waals surface area contributed by atoms with Gasteiger partial charge in [0.15, 0.2) is 18.5 Å². The number of aromatic nitrogens is 1. The smallest absolute Gasteiger partial charge is 0.344 e. The summed E-state index contributed by atoms with van der Waals surface area (Å²) in [7, 11) is 0. The largest absolute Gasteiger partial charge is 0.481 e. The fourth-order valence-corrected chi connectivity index (χ4v) is 2.95. The maximum Gasteiger partial charge on any atom is 0.344 e. The molecule has 0 bridgehead atoms. The van der Waals surface area contributed by atoms with E-state index in [1.807, 2.05) is 0 Å². The van der Waals surface area contributed by atoms with E-state index >= 15 is 0 Å². The number of aryl methyl sites for hydroxylation is 1. The van der Waals surface area contributed by atoms with Gasteiger partial charge in [-0.1, -0.05) is 12.1 Å². The number of nitrogens with one attached hydrogen (secondary N) is 1. The van der Waals surface area contributed by atoms with Gasteiger partial charge in [-0.2, -0.15) is 0 Å². The number of hydrogen-bond acceptors (Lipinski definition) is 6. The molecule has 0 aliphatic heterocycles. The highest BCUT2D eigenvalue weighted by atomic mass is 16.6. The average molecular weight is 386 g/mol. The van der Waals surface area contributed by atoms with Crippen LogP contribution in [0.2, 0.25) is 0 Å². The van der Waals surface area contributed by atoms with E-state index in [2.05, 4.69) is 4.98 Å². The zero-order valence-electron chi connectivity index (χ0n) is 16.1. The third-order valence-electron chi connectivity index (χ3n) is 4.21. The van der Waals surface area contributed by atoms with Crippen LogP contribution in [0.15, 0.2) is 24.3 Å². The first kappa shape index (κ1) is 20.9. The number of primary amides is 1. The lowest BCUT2D eigenvalue weighted by atomic mass is 10.0. The van der Waals surface area contributed by atoms with Crippen LogP contribution >= 0.6 is 0 Å². The van der Waals surface area contributed by atoms with Gasteiger partial charge in [0, 0.05) is 11.3 Å². The number of nitrogens with two attached hydrogens (primary N) is 1. The van der Waals surface area contributed by atoms with Gasteiger partial charge in [0.05, 0.1) is 11.3 Å². The third kappa shape index (κ3) is 4.46. The number of esters is 1. The molecule has 3 N–H and O–H groups in total. The molecule has 0 aliphatic carbocycles. The second kappa shape index (κ2) is 8.51. The first-order valence-electron chi connectivity index (χ1n) is 8.58. The normalized spacial score (nSPS) is 11.6. The predicted molar refractivity (Wildman–Crippen MR) is 101 cm³/mol. The maximum absolute atomic E-state index is 12.6. The Morgan fingerprint density at radius 1 is 1.14 bits per heavy atom. The molecule has 1 heterocycles. The fourth-order valence-electron chi connectivity index (χ4n) is 2.95. The number of H-pyrrole nitrogens is 1.